The molecule has 6 heteroatoms. The van der Waals surface area contributed by atoms with Crippen molar-refractivity contribution >= 4 is 29.1 Å². The highest BCUT2D eigenvalue weighted by atomic mass is 35.5. The van der Waals surface area contributed by atoms with Crippen LogP contribution < -0.4 is 5.32 Å². The van der Waals surface area contributed by atoms with Crippen LogP contribution in [-0.2, 0) is 9.59 Å². The zero-order valence-electron chi connectivity index (χ0n) is 14.0. The van der Waals surface area contributed by atoms with Crippen LogP contribution in [0, 0.1) is 13.8 Å². The Morgan fingerprint density at radius 3 is 2.30 bits per heavy atom. The fraction of sp³-hybridized carbons (Fsp3) is 0.529. The minimum atomic E-state index is 0.0725. The van der Waals surface area contributed by atoms with Gasteiger partial charge in [0.05, 0.1) is 10.7 Å². The fourth-order valence-electron chi connectivity index (χ4n) is 2.86. The monoisotopic (exact) mass is 337 g/mol. The lowest BCUT2D eigenvalue weighted by molar-refractivity contribution is -0.138. The molecule has 0 aliphatic carbocycles. The molecule has 0 unspecified atom stereocenters. The first-order valence-electron chi connectivity index (χ1n) is 7.92. The first-order valence-corrected chi connectivity index (χ1v) is 8.30. The van der Waals surface area contributed by atoms with Crippen molar-refractivity contribution in [3.05, 3.63) is 28.3 Å². The Hall–Kier alpha value is -1.75. The molecule has 1 saturated heterocycles. The van der Waals surface area contributed by atoms with Crippen LogP contribution in [0.4, 0.5) is 5.69 Å². The predicted octanol–water partition coefficient (Wildman–Crippen LogP) is 2.45. The van der Waals surface area contributed by atoms with Crippen LogP contribution in [0.2, 0.25) is 5.02 Å². The lowest BCUT2D eigenvalue weighted by Gasteiger charge is -2.34. The van der Waals surface area contributed by atoms with Gasteiger partial charge in [0.25, 0.3) is 0 Å². The summed E-state index contributed by atoms with van der Waals surface area (Å²) in [6.07, 6.45) is 0.420. The summed E-state index contributed by atoms with van der Waals surface area (Å²) in [6.45, 7) is 8.60. The normalized spacial score (nSPS) is 14.8. The molecule has 0 radical (unpaired) electrons. The second-order valence-electron chi connectivity index (χ2n) is 6.00. The van der Waals surface area contributed by atoms with E-state index in [-0.39, 0.29) is 11.8 Å². The van der Waals surface area contributed by atoms with Crippen LogP contribution >= 0.6 is 11.6 Å². The number of hydrogen-bond acceptors (Lipinski definition) is 3. The van der Waals surface area contributed by atoms with Gasteiger partial charge in [0, 0.05) is 46.1 Å². The quantitative estimate of drug-likeness (QED) is 0.918. The average molecular weight is 338 g/mol. The largest absolute Gasteiger partial charge is 0.383 e. The van der Waals surface area contributed by atoms with Crippen molar-refractivity contribution in [3.8, 4) is 0 Å². The number of piperazine rings is 1. The second-order valence-corrected chi connectivity index (χ2v) is 6.41. The molecule has 5 nitrogen and oxygen atoms in total. The van der Waals surface area contributed by atoms with Crippen LogP contribution in [0.25, 0.3) is 0 Å². The number of nitrogens with one attached hydrogen (secondary N) is 1. The maximum absolute atomic E-state index is 12.2. The van der Waals surface area contributed by atoms with Crippen LogP contribution in [0.1, 0.15) is 24.5 Å². The molecule has 1 aliphatic heterocycles. The topological polar surface area (TPSA) is 52.7 Å². The summed E-state index contributed by atoms with van der Waals surface area (Å²) in [5.74, 6) is 0.185. The van der Waals surface area contributed by atoms with Gasteiger partial charge in [-0.3, -0.25) is 9.59 Å². The molecule has 23 heavy (non-hydrogen) atoms. The maximum Gasteiger partial charge on any atom is 0.224 e. The highest BCUT2D eigenvalue weighted by Crippen LogP contribution is 2.27. The van der Waals surface area contributed by atoms with E-state index in [0.29, 0.717) is 44.2 Å². The number of hydrogen-bond donors (Lipinski definition) is 1. The minimum absolute atomic E-state index is 0.0725. The van der Waals surface area contributed by atoms with E-state index >= 15 is 0 Å². The molecule has 0 atom stereocenters. The third-order valence-corrected chi connectivity index (χ3v) is 4.45. The Morgan fingerprint density at radius 2 is 1.74 bits per heavy atom. The number of amides is 2. The third-order valence-electron chi connectivity index (χ3n) is 4.15. The van der Waals surface area contributed by atoms with Crippen molar-refractivity contribution in [2.75, 3.05) is 38.0 Å². The van der Waals surface area contributed by atoms with E-state index in [2.05, 4.69) is 11.4 Å². The highest BCUT2D eigenvalue weighted by molar-refractivity contribution is 6.33. The summed E-state index contributed by atoms with van der Waals surface area (Å²) >= 11 is 6.25. The van der Waals surface area contributed by atoms with Crippen molar-refractivity contribution in [2.45, 2.75) is 27.2 Å². The highest BCUT2D eigenvalue weighted by Gasteiger charge is 2.21. The molecule has 1 aromatic rings. The van der Waals surface area contributed by atoms with E-state index in [4.69, 9.17) is 11.6 Å². The van der Waals surface area contributed by atoms with E-state index in [1.165, 1.54) is 0 Å². The van der Waals surface area contributed by atoms with Gasteiger partial charge in [0.15, 0.2) is 0 Å². The summed E-state index contributed by atoms with van der Waals surface area (Å²) in [5.41, 5.74) is 3.10. The van der Waals surface area contributed by atoms with Crippen LogP contribution in [0.3, 0.4) is 0 Å². The molecule has 126 valence electrons. The van der Waals surface area contributed by atoms with Crippen LogP contribution in [-0.4, -0.2) is 54.3 Å². The number of nitrogens with zero attached hydrogens (tertiary/aromatic N) is 2. The Bertz CT molecular complexity index is 572. The van der Waals surface area contributed by atoms with Crippen molar-refractivity contribution in [1.82, 2.24) is 9.80 Å². The number of halogens is 1. The second kappa shape index (κ2) is 7.68. The van der Waals surface area contributed by atoms with E-state index < -0.39 is 0 Å². The van der Waals surface area contributed by atoms with Gasteiger partial charge < -0.3 is 15.1 Å². The summed E-state index contributed by atoms with van der Waals surface area (Å²) in [7, 11) is 0. The third kappa shape index (κ3) is 4.61. The number of anilines is 1. The molecule has 2 rings (SSSR count). The number of carbonyl (C=O) groups is 2. The summed E-state index contributed by atoms with van der Waals surface area (Å²) in [6, 6.07) is 3.98. The van der Waals surface area contributed by atoms with Gasteiger partial charge in [0.1, 0.15) is 0 Å². The number of aryl methyl sites for hydroxylation is 2. The lowest BCUT2D eigenvalue weighted by atomic mass is 10.1. The smallest absolute Gasteiger partial charge is 0.224 e. The Morgan fingerprint density at radius 1 is 1.13 bits per heavy atom. The molecular weight excluding hydrogens is 314 g/mol. The zero-order chi connectivity index (χ0) is 17.0. The summed E-state index contributed by atoms with van der Waals surface area (Å²) in [4.78, 5) is 27.1. The predicted molar refractivity (Wildman–Crippen MR) is 92.9 cm³/mol. The molecule has 2 amide bonds. The Balaban J connectivity index is 1.81. The van der Waals surface area contributed by atoms with Gasteiger partial charge in [-0.2, -0.15) is 0 Å². The molecule has 1 aromatic carbocycles. The zero-order valence-corrected chi connectivity index (χ0v) is 14.7. The Kier molecular flexibility index (Phi) is 5.88. The lowest BCUT2D eigenvalue weighted by Crippen LogP contribution is -2.50. The van der Waals surface area contributed by atoms with Gasteiger partial charge in [-0.1, -0.05) is 17.7 Å². The first kappa shape index (κ1) is 17.6. The number of benzene rings is 1. The summed E-state index contributed by atoms with van der Waals surface area (Å²) < 4.78 is 0. The van der Waals surface area contributed by atoms with E-state index in [0.717, 1.165) is 16.8 Å². The van der Waals surface area contributed by atoms with Gasteiger partial charge >= 0.3 is 0 Å². The van der Waals surface area contributed by atoms with Crippen molar-refractivity contribution in [1.29, 1.82) is 0 Å². The SMILES string of the molecule is CC(=O)N1CCN(C(=O)CCNc2c(C)cc(C)cc2Cl)CC1. The standard InChI is InChI=1S/C17H24ClN3O2/c1-12-10-13(2)17(15(18)11-12)19-5-4-16(23)21-8-6-20(7-9-21)14(3)22/h10-11,19H,4-9H2,1-3H3. The fourth-order valence-corrected chi connectivity index (χ4v) is 3.25. The van der Waals surface area contributed by atoms with E-state index in [1.54, 1.807) is 11.8 Å². The van der Waals surface area contributed by atoms with E-state index in [1.807, 2.05) is 24.8 Å². The Labute approximate surface area is 142 Å². The van der Waals surface area contributed by atoms with Crippen molar-refractivity contribution in [2.24, 2.45) is 0 Å². The number of rotatable bonds is 4. The first-order chi connectivity index (χ1) is 10.9. The van der Waals surface area contributed by atoms with Crippen LogP contribution in [0.15, 0.2) is 12.1 Å². The van der Waals surface area contributed by atoms with Gasteiger partial charge in [-0.25, -0.2) is 0 Å². The molecule has 1 heterocycles. The molecule has 0 saturated carbocycles. The van der Waals surface area contributed by atoms with Gasteiger partial charge in [0.2, 0.25) is 11.8 Å². The van der Waals surface area contributed by atoms with Crippen molar-refractivity contribution < 1.29 is 9.59 Å². The maximum atomic E-state index is 12.2. The number of carbonyl (C=O) groups excluding carboxylic acids is 2. The molecule has 1 fully saturated rings. The summed E-state index contributed by atoms with van der Waals surface area (Å²) in [5, 5.41) is 3.95. The van der Waals surface area contributed by atoms with Crippen LogP contribution in [0.5, 0.6) is 0 Å². The molecule has 0 spiro atoms. The molecular formula is C17H24ClN3O2. The molecule has 0 bridgehead atoms. The van der Waals surface area contributed by atoms with Gasteiger partial charge in [-0.15, -0.1) is 0 Å². The average Bonchev–Trinajstić information content (AvgIpc) is 2.49. The molecule has 0 aromatic heterocycles. The molecule has 1 aliphatic rings. The van der Waals surface area contributed by atoms with E-state index in [9.17, 15) is 9.59 Å². The molecule has 1 N–H and O–H groups in total. The van der Waals surface area contributed by atoms with Crippen molar-refractivity contribution in [3.63, 3.8) is 0 Å². The minimum Gasteiger partial charge on any atom is -0.383 e. The van der Waals surface area contributed by atoms with Gasteiger partial charge in [-0.05, 0) is 31.0 Å².